The van der Waals surface area contributed by atoms with E-state index in [2.05, 4.69) is 27.4 Å². The number of aliphatic imine (C=N–C) groups is 1. The summed E-state index contributed by atoms with van der Waals surface area (Å²) in [6, 6.07) is 1.45. The van der Waals surface area contributed by atoms with Crippen molar-refractivity contribution in [2.24, 2.45) is 22.2 Å². The van der Waals surface area contributed by atoms with Crippen LogP contribution in [0.25, 0.3) is 0 Å². The van der Waals surface area contributed by atoms with Crippen LogP contribution in [0.2, 0.25) is 0 Å². The molecule has 1 heterocycles. The molecule has 4 fully saturated rings. The normalized spacial score (nSPS) is 34.2. The van der Waals surface area contributed by atoms with Crippen LogP contribution in [0.5, 0.6) is 0 Å². The summed E-state index contributed by atoms with van der Waals surface area (Å²) in [6.45, 7) is 5.95. The highest BCUT2D eigenvalue weighted by molar-refractivity contribution is 14.0. The number of nitrogens with one attached hydrogen (secondary N) is 2. The molecule has 3 saturated carbocycles. The standard InChI is InChI=1S/C17H30N4.HI/c1-12-9-21(14-5-6-14)10-15(12)20-16(18-2)19-11-17(7-8-17)13-3-4-13;/h12-15H,3-11H2,1-2H3,(H2,18,19,20);1H. The molecule has 2 atom stereocenters. The summed E-state index contributed by atoms with van der Waals surface area (Å²) in [5, 5.41) is 7.31. The smallest absolute Gasteiger partial charge is 0.191 e. The fourth-order valence-corrected chi connectivity index (χ4v) is 4.15. The van der Waals surface area contributed by atoms with E-state index in [1.165, 1.54) is 51.6 Å². The molecule has 126 valence electrons. The van der Waals surface area contributed by atoms with E-state index in [0.717, 1.165) is 30.4 Å². The summed E-state index contributed by atoms with van der Waals surface area (Å²) in [5.41, 5.74) is 0.638. The second-order valence-electron chi connectivity index (χ2n) is 7.98. The first kappa shape index (κ1) is 16.8. The zero-order chi connectivity index (χ0) is 14.4. The van der Waals surface area contributed by atoms with Gasteiger partial charge < -0.3 is 10.6 Å². The first-order chi connectivity index (χ1) is 10.2. The quantitative estimate of drug-likeness (QED) is 0.410. The molecular weight excluding hydrogens is 387 g/mol. The Labute approximate surface area is 151 Å². The van der Waals surface area contributed by atoms with E-state index in [-0.39, 0.29) is 24.0 Å². The lowest BCUT2D eigenvalue weighted by Crippen LogP contribution is -2.48. The molecule has 0 spiro atoms. The average molecular weight is 418 g/mol. The van der Waals surface area contributed by atoms with Gasteiger partial charge in [-0.3, -0.25) is 9.89 Å². The minimum atomic E-state index is 0. The Bertz CT molecular complexity index is 426. The third-order valence-corrected chi connectivity index (χ3v) is 6.19. The van der Waals surface area contributed by atoms with E-state index in [1.807, 2.05) is 7.05 Å². The number of nitrogens with zero attached hydrogens (tertiary/aromatic N) is 2. The van der Waals surface area contributed by atoms with E-state index in [1.54, 1.807) is 0 Å². The molecule has 2 unspecified atom stereocenters. The SMILES string of the molecule is CN=C(NCC1(C2CC2)CC1)NC1CN(C2CC2)CC1C.I. The number of guanidine groups is 1. The Balaban J connectivity index is 0.00000144. The van der Waals surface area contributed by atoms with Crippen LogP contribution in [0.15, 0.2) is 4.99 Å². The molecule has 22 heavy (non-hydrogen) atoms. The van der Waals surface area contributed by atoms with Crippen LogP contribution in [0.3, 0.4) is 0 Å². The van der Waals surface area contributed by atoms with Crippen molar-refractivity contribution < 1.29 is 0 Å². The van der Waals surface area contributed by atoms with Crippen LogP contribution in [0, 0.1) is 17.3 Å². The van der Waals surface area contributed by atoms with Gasteiger partial charge >= 0.3 is 0 Å². The van der Waals surface area contributed by atoms with Crippen molar-refractivity contribution in [2.75, 3.05) is 26.7 Å². The fraction of sp³-hybridized carbons (Fsp3) is 0.941. The Morgan fingerprint density at radius 2 is 1.91 bits per heavy atom. The van der Waals surface area contributed by atoms with E-state index in [4.69, 9.17) is 0 Å². The molecule has 2 N–H and O–H groups in total. The summed E-state index contributed by atoms with van der Waals surface area (Å²) in [6.07, 6.45) is 8.61. The molecule has 3 aliphatic carbocycles. The van der Waals surface area contributed by atoms with Crippen molar-refractivity contribution in [2.45, 2.75) is 57.5 Å². The van der Waals surface area contributed by atoms with E-state index in [0.29, 0.717) is 11.5 Å². The Morgan fingerprint density at radius 1 is 1.18 bits per heavy atom. The zero-order valence-corrected chi connectivity index (χ0v) is 16.3. The highest BCUT2D eigenvalue weighted by Gasteiger charge is 2.53. The van der Waals surface area contributed by atoms with Crippen molar-refractivity contribution in [3.8, 4) is 0 Å². The van der Waals surface area contributed by atoms with Crippen molar-refractivity contribution >= 4 is 29.9 Å². The van der Waals surface area contributed by atoms with Crippen molar-refractivity contribution in [3.05, 3.63) is 0 Å². The monoisotopic (exact) mass is 418 g/mol. The van der Waals surface area contributed by atoms with Gasteiger partial charge in [0, 0.05) is 38.8 Å². The van der Waals surface area contributed by atoms with E-state index in [9.17, 15) is 0 Å². The van der Waals surface area contributed by atoms with Gasteiger partial charge in [0.15, 0.2) is 5.96 Å². The van der Waals surface area contributed by atoms with Gasteiger partial charge in [0.25, 0.3) is 0 Å². The van der Waals surface area contributed by atoms with Gasteiger partial charge in [-0.15, -0.1) is 24.0 Å². The number of hydrogen-bond acceptors (Lipinski definition) is 2. The minimum Gasteiger partial charge on any atom is -0.356 e. The number of halogens is 1. The van der Waals surface area contributed by atoms with Crippen LogP contribution in [-0.4, -0.2) is 49.6 Å². The maximum absolute atomic E-state index is 4.46. The molecule has 0 amide bonds. The molecule has 4 rings (SSSR count). The minimum absolute atomic E-state index is 0. The largest absolute Gasteiger partial charge is 0.356 e. The van der Waals surface area contributed by atoms with Gasteiger partial charge in [-0.1, -0.05) is 6.92 Å². The van der Waals surface area contributed by atoms with Crippen LogP contribution >= 0.6 is 24.0 Å². The van der Waals surface area contributed by atoms with Gasteiger partial charge in [-0.05, 0) is 55.8 Å². The molecule has 5 heteroatoms. The topological polar surface area (TPSA) is 39.7 Å². The molecule has 4 nitrogen and oxygen atoms in total. The highest BCUT2D eigenvalue weighted by atomic mass is 127. The highest BCUT2D eigenvalue weighted by Crippen LogP contribution is 2.60. The van der Waals surface area contributed by atoms with Gasteiger partial charge in [0.1, 0.15) is 0 Å². The molecule has 0 radical (unpaired) electrons. The molecule has 0 aromatic heterocycles. The lowest BCUT2D eigenvalue weighted by molar-refractivity contribution is 0.315. The summed E-state index contributed by atoms with van der Waals surface area (Å²) < 4.78 is 0. The van der Waals surface area contributed by atoms with Crippen LogP contribution < -0.4 is 10.6 Å². The fourth-order valence-electron chi connectivity index (χ4n) is 4.15. The Hall–Kier alpha value is -0.0400. The Morgan fingerprint density at radius 3 is 2.45 bits per heavy atom. The van der Waals surface area contributed by atoms with Crippen LogP contribution in [0.4, 0.5) is 0 Å². The molecular formula is C17H31IN4. The van der Waals surface area contributed by atoms with Gasteiger partial charge in [-0.25, -0.2) is 0 Å². The van der Waals surface area contributed by atoms with Crippen LogP contribution in [-0.2, 0) is 0 Å². The molecule has 0 aromatic carbocycles. The van der Waals surface area contributed by atoms with E-state index >= 15 is 0 Å². The summed E-state index contributed by atoms with van der Waals surface area (Å²) in [7, 11) is 1.91. The van der Waals surface area contributed by atoms with Crippen molar-refractivity contribution in [3.63, 3.8) is 0 Å². The zero-order valence-electron chi connectivity index (χ0n) is 14.0. The molecule has 4 aliphatic rings. The number of hydrogen-bond donors (Lipinski definition) is 2. The Kier molecular flexibility index (Phi) is 4.93. The van der Waals surface area contributed by atoms with Gasteiger partial charge in [-0.2, -0.15) is 0 Å². The van der Waals surface area contributed by atoms with Gasteiger partial charge in [0.05, 0.1) is 0 Å². The van der Waals surface area contributed by atoms with Gasteiger partial charge in [0.2, 0.25) is 0 Å². The lowest BCUT2D eigenvalue weighted by Gasteiger charge is -2.22. The summed E-state index contributed by atoms with van der Waals surface area (Å²) in [4.78, 5) is 7.13. The predicted molar refractivity (Wildman–Crippen MR) is 102 cm³/mol. The maximum Gasteiger partial charge on any atom is 0.191 e. The molecule has 1 aliphatic heterocycles. The second-order valence-corrected chi connectivity index (χ2v) is 7.98. The molecule has 1 saturated heterocycles. The third kappa shape index (κ3) is 3.55. The molecule has 0 bridgehead atoms. The maximum atomic E-state index is 4.46. The molecule has 0 aromatic rings. The average Bonchev–Trinajstić information content (AvgIpc) is 3.36. The predicted octanol–water partition coefficient (Wildman–Crippen LogP) is 2.44. The summed E-state index contributed by atoms with van der Waals surface area (Å²) >= 11 is 0. The van der Waals surface area contributed by atoms with Crippen LogP contribution in [0.1, 0.15) is 45.4 Å². The summed E-state index contributed by atoms with van der Waals surface area (Å²) in [5.74, 6) is 2.76. The number of likely N-dealkylation sites (tertiary alicyclic amines) is 1. The number of rotatable bonds is 5. The van der Waals surface area contributed by atoms with E-state index < -0.39 is 0 Å². The first-order valence-electron chi connectivity index (χ1n) is 8.91. The van der Waals surface area contributed by atoms with Crippen molar-refractivity contribution in [1.29, 1.82) is 0 Å². The second kappa shape index (κ2) is 6.46. The lowest BCUT2D eigenvalue weighted by atomic mass is 10.0. The van der Waals surface area contributed by atoms with Crippen molar-refractivity contribution in [1.82, 2.24) is 15.5 Å². The first-order valence-corrected chi connectivity index (χ1v) is 8.91. The third-order valence-electron chi connectivity index (χ3n) is 6.19.